The molecule has 0 bridgehead atoms. The van der Waals surface area contributed by atoms with Crippen LogP contribution in [0.1, 0.15) is 10.4 Å². The number of amides is 1. The van der Waals surface area contributed by atoms with Gasteiger partial charge in [0, 0.05) is 10.9 Å². The van der Waals surface area contributed by atoms with Crippen LogP contribution in [-0.4, -0.2) is 10.9 Å². The van der Waals surface area contributed by atoms with Crippen LogP contribution < -0.4 is 11.1 Å². The molecule has 4 nitrogen and oxygen atoms in total. The SMILES string of the molecule is Nc1cc(C(=O)Nc2cnc3ccccc3c2)ccc1F. The van der Waals surface area contributed by atoms with E-state index in [-0.39, 0.29) is 11.6 Å². The number of halogens is 1. The first-order chi connectivity index (χ1) is 10.1. The maximum Gasteiger partial charge on any atom is 0.255 e. The zero-order valence-corrected chi connectivity index (χ0v) is 11.0. The van der Waals surface area contributed by atoms with Crippen molar-refractivity contribution in [2.75, 3.05) is 11.1 Å². The molecule has 0 aliphatic rings. The number of anilines is 2. The standard InChI is InChI=1S/C16H12FN3O/c17-13-6-5-11(8-14(13)18)16(21)20-12-7-10-3-1-2-4-15(10)19-9-12/h1-9H,18H2,(H,20,21). The molecule has 3 rings (SSSR count). The fourth-order valence-electron chi connectivity index (χ4n) is 2.03. The van der Waals surface area contributed by atoms with E-state index < -0.39 is 5.82 Å². The molecular weight excluding hydrogens is 269 g/mol. The first kappa shape index (κ1) is 13.1. The average molecular weight is 281 g/mol. The lowest BCUT2D eigenvalue weighted by Crippen LogP contribution is -2.12. The number of carbonyl (C=O) groups is 1. The maximum absolute atomic E-state index is 13.1. The Hall–Kier alpha value is -2.95. The van der Waals surface area contributed by atoms with Crippen molar-refractivity contribution in [2.45, 2.75) is 0 Å². The molecule has 0 spiro atoms. The van der Waals surface area contributed by atoms with Crippen molar-refractivity contribution < 1.29 is 9.18 Å². The fraction of sp³-hybridized carbons (Fsp3) is 0. The van der Waals surface area contributed by atoms with Crippen LogP contribution in [0.15, 0.2) is 54.7 Å². The predicted octanol–water partition coefficient (Wildman–Crippen LogP) is 3.21. The second-order valence-electron chi connectivity index (χ2n) is 4.61. The van der Waals surface area contributed by atoms with Crippen molar-refractivity contribution in [1.82, 2.24) is 4.98 Å². The Morgan fingerprint density at radius 2 is 1.95 bits per heavy atom. The van der Waals surface area contributed by atoms with Crippen molar-refractivity contribution in [1.29, 1.82) is 0 Å². The number of carbonyl (C=O) groups excluding carboxylic acids is 1. The van der Waals surface area contributed by atoms with Crippen LogP contribution in [-0.2, 0) is 0 Å². The quantitative estimate of drug-likeness (QED) is 0.709. The summed E-state index contributed by atoms with van der Waals surface area (Å²) >= 11 is 0. The Kier molecular flexibility index (Phi) is 3.23. The summed E-state index contributed by atoms with van der Waals surface area (Å²) in [5, 5.41) is 3.64. The molecular formula is C16H12FN3O. The van der Waals surface area contributed by atoms with Gasteiger partial charge in [-0.2, -0.15) is 0 Å². The van der Waals surface area contributed by atoms with Crippen molar-refractivity contribution >= 4 is 28.2 Å². The number of nitrogens with one attached hydrogen (secondary N) is 1. The van der Waals surface area contributed by atoms with Gasteiger partial charge in [0.2, 0.25) is 0 Å². The minimum Gasteiger partial charge on any atom is -0.396 e. The zero-order chi connectivity index (χ0) is 14.8. The van der Waals surface area contributed by atoms with Gasteiger partial charge in [0.15, 0.2) is 0 Å². The number of aromatic nitrogens is 1. The molecule has 5 heteroatoms. The van der Waals surface area contributed by atoms with Crippen molar-refractivity contribution in [3.63, 3.8) is 0 Å². The second-order valence-corrected chi connectivity index (χ2v) is 4.61. The second kappa shape index (κ2) is 5.20. The van der Waals surface area contributed by atoms with E-state index in [4.69, 9.17) is 5.73 Å². The Balaban J connectivity index is 1.87. The molecule has 3 aromatic rings. The molecule has 0 radical (unpaired) electrons. The van der Waals surface area contributed by atoms with Crippen LogP contribution in [0.4, 0.5) is 15.8 Å². The normalized spacial score (nSPS) is 10.5. The van der Waals surface area contributed by atoms with E-state index in [2.05, 4.69) is 10.3 Å². The van der Waals surface area contributed by atoms with Crippen LogP contribution in [0, 0.1) is 5.82 Å². The lowest BCUT2D eigenvalue weighted by molar-refractivity contribution is 0.102. The number of para-hydroxylation sites is 1. The van der Waals surface area contributed by atoms with Gasteiger partial charge >= 0.3 is 0 Å². The summed E-state index contributed by atoms with van der Waals surface area (Å²) in [5.41, 5.74) is 7.12. The summed E-state index contributed by atoms with van der Waals surface area (Å²) in [6.07, 6.45) is 1.58. The van der Waals surface area contributed by atoms with Crippen molar-refractivity contribution in [3.8, 4) is 0 Å². The number of nitrogens with two attached hydrogens (primary N) is 1. The molecule has 2 aromatic carbocycles. The molecule has 3 N–H and O–H groups in total. The van der Waals surface area contributed by atoms with E-state index in [1.807, 2.05) is 30.3 Å². The summed E-state index contributed by atoms with van der Waals surface area (Å²) in [4.78, 5) is 16.4. The fourth-order valence-corrected chi connectivity index (χ4v) is 2.03. The van der Waals surface area contributed by atoms with Gasteiger partial charge in [0.25, 0.3) is 5.91 Å². The maximum atomic E-state index is 13.1. The number of rotatable bonds is 2. The summed E-state index contributed by atoms with van der Waals surface area (Å²) in [6.45, 7) is 0. The molecule has 1 heterocycles. The Bertz CT molecular complexity index is 833. The summed E-state index contributed by atoms with van der Waals surface area (Å²) < 4.78 is 13.1. The van der Waals surface area contributed by atoms with E-state index in [9.17, 15) is 9.18 Å². The number of hydrogen-bond acceptors (Lipinski definition) is 3. The van der Waals surface area contributed by atoms with Crippen molar-refractivity contribution in [3.05, 3.63) is 66.1 Å². The molecule has 0 unspecified atom stereocenters. The number of nitrogens with zero attached hydrogens (tertiary/aromatic N) is 1. The first-order valence-electron chi connectivity index (χ1n) is 6.34. The zero-order valence-electron chi connectivity index (χ0n) is 11.0. The van der Waals surface area contributed by atoms with Crippen LogP contribution in [0.2, 0.25) is 0 Å². The molecule has 0 saturated carbocycles. The van der Waals surface area contributed by atoms with Gasteiger partial charge in [0.1, 0.15) is 5.82 Å². The number of benzene rings is 2. The van der Waals surface area contributed by atoms with Crippen LogP contribution in [0.25, 0.3) is 10.9 Å². The predicted molar refractivity (Wildman–Crippen MR) is 80.5 cm³/mol. The molecule has 0 saturated heterocycles. The molecule has 1 amide bonds. The Morgan fingerprint density at radius 1 is 1.14 bits per heavy atom. The molecule has 0 fully saturated rings. The number of pyridine rings is 1. The van der Waals surface area contributed by atoms with E-state index in [1.165, 1.54) is 18.2 Å². The monoisotopic (exact) mass is 281 g/mol. The van der Waals surface area contributed by atoms with Gasteiger partial charge in [-0.3, -0.25) is 9.78 Å². The van der Waals surface area contributed by atoms with E-state index >= 15 is 0 Å². The summed E-state index contributed by atoms with van der Waals surface area (Å²) in [6, 6.07) is 13.3. The lowest BCUT2D eigenvalue weighted by atomic mass is 10.1. The molecule has 1 aromatic heterocycles. The molecule has 21 heavy (non-hydrogen) atoms. The lowest BCUT2D eigenvalue weighted by Gasteiger charge is -2.07. The number of nitrogen functional groups attached to an aromatic ring is 1. The summed E-state index contributed by atoms with van der Waals surface area (Å²) in [5.74, 6) is -0.905. The highest BCUT2D eigenvalue weighted by Gasteiger charge is 2.09. The number of fused-ring (bicyclic) bond motifs is 1. The first-order valence-corrected chi connectivity index (χ1v) is 6.34. The van der Waals surface area contributed by atoms with E-state index in [0.717, 1.165) is 10.9 Å². The Morgan fingerprint density at radius 3 is 2.76 bits per heavy atom. The topological polar surface area (TPSA) is 68.0 Å². The van der Waals surface area contributed by atoms with Crippen molar-refractivity contribution in [2.24, 2.45) is 0 Å². The summed E-state index contributed by atoms with van der Waals surface area (Å²) in [7, 11) is 0. The molecule has 0 aliphatic heterocycles. The van der Waals surface area contributed by atoms with Gasteiger partial charge in [-0.25, -0.2) is 4.39 Å². The van der Waals surface area contributed by atoms with Crippen LogP contribution >= 0.6 is 0 Å². The minimum absolute atomic E-state index is 0.0562. The highest BCUT2D eigenvalue weighted by atomic mass is 19.1. The van der Waals surface area contributed by atoms with Gasteiger partial charge in [-0.05, 0) is 30.3 Å². The van der Waals surface area contributed by atoms with Crippen LogP contribution in [0.3, 0.4) is 0 Å². The molecule has 0 aliphatic carbocycles. The molecule has 0 atom stereocenters. The van der Waals surface area contributed by atoms with Crippen LogP contribution in [0.5, 0.6) is 0 Å². The third-order valence-corrected chi connectivity index (χ3v) is 3.11. The highest BCUT2D eigenvalue weighted by Crippen LogP contribution is 2.18. The Labute approximate surface area is 120 Å². The largest absolute Gasteiger partial charge is 0.396 e. The third kappa shape index (κ3) is 2.67. The van der Waals surface area contributed by atoms with Gasteiger partial charge < -0.3 is 11.1 Å². The highest BCUT2D eigenvalue weighted by molar-refractivity contribution is 6.05. The number of hydrogen-bond donors (Lipinski definition) is 2. The molecule has 104 valence electrons. The third-order valence-electron chi connectivity index (χ3n) is 3.11. The average Bonchev–Trinajstić information content (AvgIpc) is 2.50. The van der Waals surface area contributed by atoms with Gasteiger partial charge in [-0.1, -0.05) is 18.2 Å². The van der Waals surface area contributed by atoms with Gasteiger partial charge in [0.05, 0.1) is 23.1 Å². The minimum atomic E-state index is -0.543. The van der Waals surface area contributed by atoms with E-state index in [0.29, 0.717) is 11.3 Å². The smallest absolute Gasteiger partial charge is 0.255 e. The van der Waals surface area contributed by atoms with E-state index in [1.54, 1.807) is 6.20 Å². The van der Waals surface area contributed by atoms with Gasteiger partial charge in [-0.15, -0.1) is 0 Å².